The Labute approximate surface area is 200 Å². The largest absolute Gasteiger partial charge is 0.573 e. The molecule has 35 heavy (non-hydrogen) atoms. The van der Waals surface area contributed by atoms with E-state index in [-0.39, 0.29) is 22.0 Å². The van der Waals surface area contributed by atoms with Crippen molar-refractivity contribution in [2.75, 3.05) is 0 Å². The summed E-state index contributed by atoms with van der Waals surface area (Å²) in [5.74, 6) is -6.19. The molecule has 1 saturated carbocycles. The number of hydrogen-bond acceptors (Lipinski definition) is 6. The number of fused-ring (bicyclic) bond motifs is 3. The number of rotatable bonds is 4. The summed E-state index contributed by atoms with van der Waals surface area (Å²) in [4.78, 5) is 30.1. The maximum absolute atomic E-state index is 13.7. The molecule has 7 nitrogen and oxygen atoms in total. The highest BCUT2D eigenvalue weighted by molar-refractivity contribution is 6.30. The van der Waals surface area contributed by atoms with Crippen LogP contribution < -0.4 is 9.47 Å². The second kappa shape index (κ2) is 7.69. The zero-order valence-electron chi connectivity index (χ0n) is 17.5. The number of hydrogen-bond donors (Lipinski definition) is 2. The third-order valence-corrected chi connectivity index (χ3v) is 6.53. The number of ether oxygens (including phenoxy) is 2. The van der Waals surface area contributed by atoms with Crippen LogP contribution in [-0.4, -0.2) is 33.3 Å². The van der Waals surface area contributed by atoms with E-state index in [9.17, 15) is 33.0 Å². The van der Waals surface area contributed by atoms with E-state index in [1.54, 1.807) is 30.3 Å². The molecule has 2 N–H and O–H groups in total. The summed E-state index contributed by atoms with van der Waals surface area (Å²) >= 11 is 6.04. The van der Waals surface area contributed by atoms with Gasteiger partial charge >= 0.3 is 12.3 Å². The quantitative estimate of drug-likeness (QED) is 0.512. The van der Waals surface area contributed by atoms with Crippen LogP contribution in [0.2, 0.25) is 5.02 Å². The Bertz CT molecular complexity index is 1330. The number of carboxylic acids is 1. The van der Waals surface area contributed by atoms with Gasteiger partial charge in [-0.15, -0.1) is 13.2 Å². The van der Waals surface area contributed by atoms with Crippen molar-refractivity contribution in [1.82, 2.24) is 4.98 Å². The molecule has 2 aliphatic rings. The molecule has 1 aromatic heterocycles. The Hall–Kier alpha value is -3.63. The van der Waals surface area contributed by atoms with Gasteiger partial charge in [-0.2, -0.15) is 0 Å². The predicted octanol–water partition coefficient (Wildman–Crippen LogP) is 4.18. The number of benzene rings is 2. The Morgan fingerprint density at radius 2 is 1.77 bits per heavy atom. The molecule has 1 fully saturated rings. The molecule has 5 rings (SSSR count). The number of aliphatic carboxylic acids is 1. The second-order valence-electron chi connectivity index (χ2n) is 8.19. The number of carbonyl (C=O) groups is 2. The lowest BCUT2D eigenvalue weighted by Crippen LogP contribution is -2.51. The number of pyridine rings is 1. The Morgan fingerprint density at radius 3 is 2.37 bits per heavy atom. The Kier molecular flexibility index (Phi) is 5.08. The molecule has 0 radical (unpaired) electrons. The lowest BCUT2D eigenvalue weighted by atomic mass is 9.71. The number of nitrogens with zero attached hydrogens (tertiary/aromatic N) is 1. The van der Waals surface area contributed by atoms with E-state index < -0.39 is 46.9 Å². The van der Waals surface area contributed by atoms with Crippen molar-refractivity contribution >= 4 is 23.4 Å². The van der Waals surface area contributed by atoms with E-state index in [1.165, 1.54) is 24.4 Å². The summed E-state index contributed by atoms with van der Waals surface area (Å²) in [6.07, 6.45) is -3.76. The molecule has 4 unspecified atom stereocenters. The molecule has 0 spiro atoms. The highest BCUT2D eigenvalue weighted by Gasteiger charge is 2.78. The fourth-order valence-corrected chi connectivity index (χ4v) is 5.23. The van der Waals surface area contributed by atoms with Gasteiger partial charge in [-0.05, 0) is 17.7 Å². The second-order valence-corrected chi connectivity index (χ2v) is 8.63. The number of carboxylic acid groups (broad SMARTS) is 1. The van der Waals surface area contributed by atoms with Crippen LogP contribution in [0.3, 0.4) is 0 Å². The summed E-state index contributed by atoms with van der Waals surface area (Å²) in [5.41, 5.74) is -4.48. The van der Waals surface area contributed by atoms with Gasteiger partial charge in [0.25, 0.3) is 0 Å². The van der Waals surface area contributed by atoms with Gasteiger partial charge < -0.3 is 19.7 Å². The molecule has 2 heterocycles. The van der Waals surface area contributed by atoms with E-state index in [1.807, 2.05) is 0 Å². The average Bonchev–Trinajstić information content (AvgIpc) is 3.16. The van der Waals surface area contributed by atoms with Crippen LogP contribution in [0, 0.1) is 5.92 Å². The maximum atomic E-state index is 13.7. The third kappa shape index (κ3) is 3.28. The summed E-state index contributed by atoms with van der Waals surface area (Å²) in [7, 11) is 0. The van der Waals surface area contributed by atoms with Crippen molar-refractivity contribution in [1.29, 1.82) is 0 Å². The van der Waals surface area contributed by atoms with Crippen LogP contribution in [0.1, 0.15) is 22.7 Å². The van der Waals surface area contributed by atoms with Gasteiger partial charge in [0.15, 0.2) is 11.4 Å². The summed E-state index contributed by atoms with van der Waals surface area (Å²) in [6, 6.07) is 13.8. The topological polar surface area (TPSA) is 106 Å². The molecule has 2 aromatic carbocycles. The van der Waals surface area contributed by atoms with Crippen LogP contribution in [-0.2, 0) is 20.8 Å². The predicted molar refractivity (Wildman–Crippen MR) is 114 cm³/mol. The normalized spacial score (nSPS) is 27.2. The number of carbonyl (C=O) groups excluding carboxylic acids is 1. The van der Waals surface area contributed by atoms with Crippen molar-refractivity contribution in [2.45, 2.75) is 23.5 Å². The number of ketones is 1. The Morgan fingerprint density at radius 1 is 1.11 bits per heavy atom. The molecule has 1 aliphatic carbocycles. The lowest BCUT2D eigenvalue weighted by molar-refractivity contribution is -0.274. The smallest absolute Gasteiger partial charge is 0.481 e. The lowest BCUT2D eigenvalue weighted by Gasteiger charge is -2.38. The van der Waals surface area contributed by atoms with Crippen LogP contribution in [0.5, 0.6) is 11.5 Å². The molecular formula is C24H15ClF3NO6. The fraction of sp³-hybridized carbons (Fsp3) is 0.208. The maximum Gasteiger partial charge on any atom is 0.573 e. The van der Waals surface area contributed by atoms with E-state index in [4.69, 9.17) is 16.3 Å². The molecule has 11 heteroatoms. The first-order valence-corrected chi connectivity index (χ1v) is 10.6. The zero-order valence-corrected chi connectivity index (χ0v) is 18.2. The van der Waals surface area contributed by atoms with E-state index in [2.05, 4.69) is 9.72 Å². The first-order valence-electron chi connectivity index (χ1n) is 10.2. The van der Waals surface area contributed by atoms with Gasteiger partial charge in [-0.1, -0.05) is 54.1 Å². The van der Waals surface area contributed by atoms with Crippen molar-refractivity contribution < 1.29 is 42.4 Å². The van der Waals surface area contributed by atoms with Crippen molar-refractivity contribution in [2.24, 2.45) is 5.92 Å². The van der Waals surface area contributed by atoms with Crippen LogP contribution in [0.4, 0.5) is 13.2 Å². The molecule has 0 saturated heterocycles. The monoisotopic (exact) mass is 505 g/mol. The van der Waals surface area contributed by atoms with Gasteiger partial charge in [0.1, 0.15) is 23.1 Å². The number of Topliss-reactive ketones (excluding diaryl/α,β-unsaturated/α-hetero) is 1. The minimum Gasteiger partial charge on any atom is -0.481 e. The number of aliphatic hydroxyl groups is 1. The average molecular weight is 506 g/mol. The molecule has 1 aliphatic heterocycles. The van der Waals surface area contributed by atoms with Crippen molar-refractivity contribution in [3.63, 3.8) is 0 Å². The number of halogens is 4. The van der Waals surface area contributed by atoms with Crippen molar-refractivity contribution in [3.05, 3.63) is 88.7 Å². The molecule has 3 aromatic rings. The summed E-state index contributed by atoms with van der Waals surface area (Å²) in [6.45, 7) is 0. The fourth-order valence-electron chi connectivity index (χ4n) is 5.09. The molecule has 4 atom stereocenters. The van der Waals surface area contributed by atoms with Gasteiger partial charge in [0.2, 0.25) is 5.60 Å². The first kappa shape index (κ1) is 23.1. The number of alkyl halides is 3. The van der Waals surface area contributed by atoms with Gasteiger partial charge in [-0.25, -0.2) is 0 Å². The molecular weight excluding hydrogens is 491 g/mol. The van der Waals surface area contributed by atoms with E-state index in [0.717, 1.165) is 12.1 Å². The van der Waals surface area contributed by atoms with E-state index in [0.29, 0.717) is 5.56 Å². The van der Waals surface area contributed by atoms with Gasteiger partial charge in [0, 0.05) is 17.8 Å². The third-order valence-electron chi connectivity index (χ3n) is 6.32. The molecule has 180 valence electrons. The highest BCUT2D eigenvalue weighted by Crippen LogP contribution is 2.66. The highest BCUT2D eigenvalue weighted by atomic mass is 35.5. The van der Waals surface area contributed by atoms with Crippen molar-refractivity contribution in [3.8, 4) is 11.5 Å². The molecule has 0 bridgehead atoms. The summed E-state index contributed by atoms with van der Waals surface area (Å²) < 4.78 is 48.2. The minimum atomic E-state index is -4.94. The van der Waals surface area contributed by atoms with E-state index >= 15 is 0 Å². The van der Waals surface area contributed by atoms with Crippen LogP contribution >= 0.6 is 11.6 Å². The first-order chi connectivity index (χ1) is 16.5. The molecule has 0 amide bonds. The van der Waals surface area contributed by atoms with Gasteiger partial charge in [-0.3, -0.25) is 14.6 Å². The van der Waals surface area contributed by atoms with Gasteiger partial charge in [0.05, 0.1) is 10.9 Å². The SMILES string of the molecule is O=C(O)C1C(=O)C2(O)c3ncc(Cl)cc3OC2(c2ccc(OC(F)(F)F)cc2)C1c1ccccc1. The summed E-state index contributed by atoms with van der Waals surface area (Å²) in [5, 5.41) is 22.2. The minimum absolute atomic E-state index is 0.0475. The zero-order chi connectivity index (χ0) is 25.2. The standard InChI is InChI=1S/C24H15ClF3NO6/c25-14-10-16-19(29-11-14)22(33)20(30)17(21(31)32)18(12-4-2-1-3-5-12)23(22,35-16)13-6-8-15(9-7-13)34-24(26,27)28/h1-11,17-18,33H,(H,31,32). The number of aromatic nitrogens is 1. The Balaban J connectivity index is 1.79. The van der Waals surface area contributed by atoms with Crippen LogP contribution in [0.15, 0.2) is 66.9 Å². The van der Waals surface area contributed by atoms with Crippen LogP contribution in [0.25, 0.3) is 0 Å².